The van der Waals surface area contributed by atoms with E-state index < -0.39 is 13.5 Å². The third-order valence-corrected chi connectivity index (χ3v) is 6.91. The Morgan fingerprint density at radius 3 is 2.55 bits per heavy atom. The topological polar surface area (TPSA) is 120 Å². The van der Waals surface area contributed by atoms with Crippen LogP contribution in [-0.4, -0.2) is 31.6 Å². The van der Waals surface area contributed by atoms with Gasteiger partial charge in [-0.25, -0.2) is 4.79 Å². The molecule has 10 heteroatoms. The smallest absolute Gasteiger partial charge is 0.407 e. The Bertz CT molecular complexity index is 1150. The zero-order valence-corrected chi connectivity index (χ0v) is 20.1. The molecule has 33 heavy (non-hydrogen) atoms. The summed E-state index contributed by atoms with van der Waals surface area (Å²) in [7, 11) is -2.95. The van der Waals surface area contributed by atoms with Crippen LogP contribution in [0.1, 0.15) is 22.8 Å². The van der Waals surface area contributed by atoms with Crippen LogP contribution in [0.25, 0.3) is 10.4 Å². The van der Waals surface area contributed by atoms with Gasteiger partial charge in [0.25, 0.3) is 5.91 Å². The Kier molecular flexibility index (Phi) is 8.27. The number of benzene rings is 2. The number of amides is 2. The number of carbonyl (C=O) groups is 2. The molecular weight excluding hydrogens is 461 g/mol. The van der Waals surface area contributed by atoms with E-state index in [0.717, 1.165) is 16.0 Å². The van der Waals surface area contributed by atoms with Crippen molar-refractivity contribution in [3.05, 3.63) is 71.1 Å². The van der Waals surface area contributed by atoms with Crippen molar-refractivity contribution in [1.29, 1.82) is 0 Å². The first kappa shape index (κ1) is 24.5. The van der Waals surface area contributed by atoms with Crippen molar-refractivity contribution in [2.45, 2.75) is 13.5 Å². The lowest BCUT2D eigenvalue weighted by Gasteiger charge is -2.13. The maximum atomic E-state index is 12.7. The van der Waals surface area contributed by atoms with Gasteiger partial charge in [-0.05, 0) is 53.8 Å². The van der Waals surface area contributed by atoms with E-state index in [1.807, 2.05) is 29.6 Å². The summed E-state index contributed by atoms with van der Waals surface area (Å²) in [6.45, 7) is 3.61. The predicted molar refractivity (Wildman–Crippen MR) is 132 cm³/mol. The van der Waals surface area contributed by atoms with E-state index in [1.54, 1.807) is 48.6 Å². The maximum absolute atomic E-state index is 12.7. The van der Waals surface area contributed by atoms with E-state index in [9.17, 15) is 14.2 Å². The molecule has 1 heterocycles. The average Bonchev–Trinajstić information content (AvgIpc) is 3.33. The summed E-state index contributed by atoms with van der Waals surface area (Å²) in [6, 6.07) is 16.3. The van der Waals surface area contributed by atoms with Crippen LogP contribution in [-0.2, 0) is 20.4 Å². The molecule has 1 unspecified atom stereocenters. The second-order valence-corrected chi connectivity index (χ2v) is 10.8. The van der Waals surface area contributed by atoms with E-state index in [0.29, 0.717) is 16.9 Å². The summed E-state index contributed by atoms with van der Waals surface area (Å²) in [5, 5.41) is 7.42. The number of thiophene rings is 1. The van der Waals surface area contributed by atoms with Crippen LogP contribution < -0.4 is 16.4 Å². The fraction of sp³-hybridized carbons (Fsp3) is 0.217. The minimum absolute atomic E-state index is 0.194. The molecule has 0 spiro atoms. The van der Waals surface area contributed by atoms with E-state index in [4.69, 9.17) is 15.0 Å². The fourth-order valence-electron chi connectivity index (χ4n) is 2.94. The number of alkyl carbamates (subject to hydrolysis) is 1. The number of rotatable bonds is 9. The number of anilines is 2. The lowest BCUT2D eigenvalue weighted by Crippen LogP contribution is -2.24. The molecule has 2 amide bonds. The summed E-state index contributed by atoms with van der Waals surface area (Å²) in [6.07, 6.45) is -0.984. The van der Waals surface area contributed by atoms with Crippen molar-refractivity contribution in [1.82, 2.24) is 5.32 Å². The molecule has 0 aliphatic heterocycles. The first-order valence-corrected chi connectivity index (χ1v) is 13.4. The number of nitrogen functional groups attached to an aromatic ring is 1. The first-order valence-electron chi connectivity index (χ1n) is 10.2. The highest BCUT2D eigenvalue weighted by atomic mass is 32.1. The van der Waals surface area contributed by atoms with Crippen LogP contribution in [0.15, 0.2) is 60.0 Å². The molecule has 3 rings (SSSR count). The Balaban J connectivity index is 1.55. The highest BCUT2D eigenvalue weighted by Gasteiger charge is 2.18. The van der Waals surface area contributed by atoms with Gasteiger partial charge >= 0.3 is 6.09 Å². The summed E-state index contributed by atoms with van der Waals surface area (Å²) in [5.74, 6) is -0.293. The lowest BCUT2D eigenvalue weighted by molar-refractivity contribution is 0.102. The van der Waals surface area contributed by atoms with Crippen LogP contribution in [0, 0.1) is 0 Å². The molecule has 3 aromatic rings. The van der Waals surface area contributed by atoms with Crippen molar-refractivity contribution in [2.75, 3.05) is 30.7 Å². The molecule has 1 aromatic heterocycles. The second kappa shape index (κ2) is 11.1. The fourth-order valence-corrected chi connectivity index (χ4v) is 4.64. The molecule has 0 bridgehead atoms. The van der Waals surface area contributed by atoms with E-state index >= 15 is 0 Å². The molecule has 0 aliphatic carbocycles. The molecule has 0 fully saturated rings. The van der Waals surface area contributed by atoms with Gasteiger partial charge < -0.3 is 25.6 Å². The van der Waals surface area contributed by atoms with Gasteiger partial charge in [0.05, 0.1) is 18.0 Å². The van der Waals surface area contributed by atoms with Crippen molar-refractivity contribution in [2.24, 2.45) is 0 Å². The summed E-state index contributed by atoms with van der Waals surface area (Å²) < 4.78 is 22.0. The molecule has 0 radical (unpaired) electrons. The monoisotopic (exact) mass is 487 g/mol. The number of nitrogens with two attached hydrogens (primary N) is 1. The molecule has 4 N–H and O–H groups in total. The lowest BCUT2D eigenvalue weighted by atomic mass is 10.1. The zero-order valence-electron chi connectivity index (χ0n) is 18.4. The Hall–Kier alpha value is -3.13. The van der Waals surface area contributed by atoms with Gasteiger partial charge in [0, 0.05) is 23.7 Å². The van der Waals surface area contributed by atoms with Gasteiger partial charge in [-0.3, -0.25) is 9.36 Å². The molecule has 2 aromatic carbocycles. The number of hydrogen-bond acceptors (Lipinski definition) is 7. The highest BCUT2D eigenvalue weighted by molar-refractivity contribution is 7.57. The summed E-state index contributed by atoms with van der Waals surface area (Å²) in [5.41, 5.74) is 9.25. The summed E-state index contributed by atoms with van der Waals surface area (Å²) >= 11 is 1.61. The maximum Gasteiger partial charge on any atom is 0.407 e. The van der Waals surface area contributed by atoms with Crippen LogP contribution in [0.4, 0.5) is 16.2 Å². The Labute approximate surface area is 196 Å². The van der Waals surface area contributed by atoms with Crippen molar-refractivity contribution in [3.8, 4) is 10.4 Å². The SMILES string of the molecule is CCOP(C)(=O)COC(=O)NCc1ccc(C(=O)Nc2cc(-c3cccs3)ccc2N)cc1. The first-order chi connectivity index (χ1) is 15.8. The van der Waals surface area contributed by atoms with E-state index in [2.05, 4.69) is 10.6 Å². The molecular formula is C23H26N3O5PS. The largest absolute Gasteiger partial charge is 0.439 e. The predicted octanol–water partition coefficient (Wildman–Crippen LogP) is 5.38. The van der Waals surface area contributed by atoms with Gasteiger partial charge in [-0.2, -0.15) is 0 Å². The van der Waals surface area contributed by atoms with Gasteiger partial charge in [0.2, 0.25) is 7.37 Å². The van der Waals surface area contributed by atoms with Gasteiger partial charge in [-0.1, -0.05) is 24.3 Å². The Morgan fingerprint density at radius 2 is 1.88 bits per heavy atom. The summed E-state index contributed by atoms with van der Waals surface area (Å²) in [4.78, 5) is 25.6. The average molecular weight is 488 g/mol. The molecule has 0 aliphatic rings. The molecule has 0 saturated carbocycles. The number of hydrogen-bond donors (Lipinski definition) is 3. The molecule has 174 valence electrons. The van der Waals surface area contributed by atoms with Crippen LogP contribution in [0.3, 0.4) is 0 Å². The minimum atomic E-state index is -2.95. The molecule has 8 nitrogen and oxygen atoms in total. The van der Waals surface area contributed by atoms with Crippen LogP contribution in [0.2, 0.25) is 0 Å². The third kappa shape index (κ3) is 7.18. The van der Waals surface area contributed by atoms with Crippen molar-refractivity contribution < 1.29 is 23.4 Å². The van der Waals surface area contributed by atoms with E-state index in [1.165, 1.54) is 6.66 Å². The molecule has 1 atom stereocenters. The zero-order chi connectivity index (χ0) is 23.8. The van der Waals surface area contributed by atoms with Gasteiger partial charge in [-0.15, -0.1) is 11.3 Å². The van der Waals surface area contributed by atoms with E-state index in [-0.39, 0.29) is 25.4 Å². The van der Waals surface area contributed by atoms with Crippen LogP contribution in [0.5, 0.6) is 0 Å². The number of nitrogens with one attached hydrogen (secondary N) is 2. The standard InChI is InChI=1S/C23H26N3O5PS/c1-3-31-32(2,29)15-30-23(28)25-14-16-6-8-17(9-7-16)22(27)26-20-13-18(10-11-19(20)24)21-5-4-12-33-21/h4-13H,3,14-15,24H2,1-2H3,(H,25,28)(H,26,27). The molecule has 0 saturated heterocycles. The third-order valence-electron chi connectivity index (χ3n) is 4.59. The quantitative estimate of drug-likeness (QED) is 0.275. The number of carbonyl (C=O) groups excluding carboxylic acids is 2. The van der Waals surface area contributed by atoms with Crippen molar-refractivity contribution in [3.63, 3.8) is 0 Å². The number of ether oxygens (including phenoxy) is 1. The highest BCUT2D eigenvalue weighted by Crippen LogP contribution is 2.41. The normalized spacial score (nSPS) is 12.5. The second-order valence-electron chi connectivity index (χ2n) is 7.28. The van der Waals surface area contributed by atoms with Crippen LogP contribution >= 0.6 is 18.7 Å². The van der Waals surface area contributed by atoms with Gasteiger partial charge in [0.1, 0.15) is 0 Å². The van der Waals surface area contributed by atoms with Gasteiger partial charge in [0.15, 0.2) is 6.35 Å². The minimum Gasteiger partial charge on any atom is -0.439 e. The Morgan fingerprint density at radius 1 is 1.12 bits per heavy atom. The van der Waals surface area contributed by atoms with Crippen molar-refractivity contribution >= 4 is 42.1 Å².